The number of anilines is 1. The second-order valence-electron chi connectivity index (χ2n) is 4.66. The van der Waals surface area contributed by atoms with Gasteiger partial charge in [-0.15, -0.1) is 0 Å². The maximum Gasteiger partial charge on any atom is 0.416 e. The van der Waals surface area contributed by atoms with Gasteiger partial charge in [0.25, 0.3) is 0 Å². The molecule has 1 aromatic carbocycles. The number of urea groups is 1. The van der Waals surface area contributed by atoms with E-state index in [1.165, 1.54) is 12.1 Å². The average Bonchev–Trinajstić information content (AvgIpc) is 2.26. The summed E-state index contributed by atoms with van der Waals surface area (Å²) in [6, 6.07) is 3.47. The van der Waals surface area contributed by atoms with Crippen molar-refractivity contribution < 1.29 is 23.1 Å². The zero-order chi connectivity index (χ0) is 15.3. The van der Waals surface area contributed by atoms with Crippen molar-refractivity contribution in [3.63, 3.8) is 0 Å². The number of aliphatic hydroxyl groups is 1. The molecule has 20 heavy (non-hydrogen) atoms. The van der Waals surface area contributed by atoms with Gasteiger partial charge in [0.05, 0.1) is 11.7 Å². The number of carbonyl (C=O) groups excluding carboxylic acids is 1. The van der Waals surface area contributed by atoms with Crippen LogP contribution in [0.25, 0.3) is 0 Å². The van der Waals surface area contributed by atoms with Crippen molar-refractivity contribution in [2.45, 2.75) is 38.6 Å². The molecule has 0 aliphatic rings. The first-order valence-electron chi connectivity index (χ1n) is 6.11. The maximum absolute atomic E-state index is 12.5. The fraction of sp³-hybridized carbons (Fsp3) is 0.462. The molecule has 1 aromatic rings. The number of amides is 2. The molecule has 2 unspecified atom stereocenters. The molecular formula is C13H17F3N2O2. The molecule has 1 rings (SSSR count). The maximum atomic E-state index is 12.5. The minimum atomic E-state index is -4.45. The molecule has 0 radical (unpaired) electrons. The molecule has 0 aromatic heterocycles. The Labute approximate surface area is 115 Å². The van der Waals surface area contributed by atoms with E-state index in [4.69, 9.17) is 5.11 Å². The Bertz CT molecular complexity index is 461. The topological polar surface area (TPSA) is 61.4 Å². The Balaban J connectivity index is 2.62. The van der Waals surface area contributed by atoms with Crippen molar-refractivity contribution >= 4 is 11.7 Å². The highest BCUT2D eigenvalue weighted by atomic mass is 19.4. The van der Waals surface area contributed by atoms with Gasteiger partial charge in [0.2, 0.25) is 0 Å². The minimum Gasteiger partial charge on any atom is -0.393 e. The third-order valence-electron chi connectivity index (χ3n) is 2.52. The lowest BCUT2D eigenvalue weighted by Gasteiger charge is -2.16. The first-order valence-corrected chi connectivity index (χ1v) is 6.11. The van der Waals surface area contributed by atoms with E-state index in [9.17, 15) is 18.0 Å². The predicted molar refractivity (Wildman–Crippen MR) is 69.4 cm³/mol. The molecule has 112 valence electrons. The number of alkyl halides is 3. The number of aliphatic hydroxyl groups excluding tert-OH is 1. The van der Waals surface area contributed by atoms with Crippen LogP contribution < -0.4 is 10.6 Å². The van der Waals surface area contributed by atoms with Crippen molar-refractivity contribution in [3.8, 4) is 0 Å². The molecule has 0 saturated carbocycles. The van der Waals surface area contributed by atoms with E-state index in [1.807, 2.05) is 0 Å². The van der Waals surface area contributed by atoms with Gasteiger partial charge in [0, 0.05) is 11.7 Å². The summed E-state index contributed by atoms with van der Waals surface area (Å²) >= 11 is 0. The molecule has 0 aliphatic carbocycles. The minimum absolute atomic E-state index is 0.0570. The summed E-state index contributed by atoms with van der Waals surface area (Å²) < 4.78 is 37.5. The lowest BCUT2D eigenvalue weighted by molar-refractivity contribution is -0.137. The molecule has 2 atom stereocenters. The molecule has 0 bridgehead atoms. The first-order chi connectivity index (χ1) is 9.18. The normalized spacial score (nSPS) is 14.5. The van der Waals surface area contributed by atoms with Crippen LogP contribution in [-0.4, -0.2) is 23.3 Å². The van der Waals surface area contributed by atoms with Crippen LogP contribution in [-0.2, 0) is 6.18 Å². The Morgan fingerprint density at radius 3 is 2.55 bits per heavy atom. The fourth-order valence-electron chi connectivity index (χ4n) is 1.73. The molecule has 2 amide bonds. The standard InChI is InChI=1S/C13H17F3N2O2/c1-8(6-9(2)19)17-12(20)18-11-5-3-4-10(7-11)13(14,15)16/h3-5,7-9,19H,6H2,1-2H3,(H2,17,18,20). The highest BCUT2D eigenvalue weighted by Gasteiger charge is 2.30. The van der Waals surface area contributed by atoms with E-state index in [0.717, 1.165) is 12.1 Å². The second kappa shape index (κ2) is 6.60. The number of carbonyl (C=O) groups is 1. The highest BCUT2D eigenvalue weighted by Crippen LogP contribution is 2.30. The predicted octanol–water partition coefficient (Wildman–Crippen LogP) is 2.99. The van der Waals surface area contributed by atoms with Crippen LogP contribution in [0.2, 0.25) is 0 Å². The lowest BCUT2D eigenvalue weighted by Crippen LogP contribution is -2.37. The number of nitrogens with one attached hydrogen (secondary N) is 2. The molecule has 0 saturated heterocycles. The summed E-state index contributed by atoms with van der Waals surface area (Å²) in [5.41, 5.74) is -0.770. The Morgan fingerprint density at radius 2 is 2.00 bits per heavy atom. The smallest absolute Gasteiger partial charge is 0.393 e. The molecule has 4 nitrogen and oxygen atoms in total. The molecule has 0 fully saturated rings. The second-order valence-corrected chi connectivity index (χ2v) is 4.66. The SMILES string of the molecule is CC(O)CC(C)NC(=O)Nc1cccc(C(F)(F)F)c1. The summed E-state index contributed by atoms with van der Waals surface area (Å²) in [4.78, 5) is 11.6. The van der Waals surface area contributed by atoms with Gasteiger partial charge in [-0.25, -0.2) is 4.79 Å². The van der Waals surface area contributed by atoms with Gasteiger partial charge in [0.15, 0.2) is 0 Å². The fourth-order valence-corrected chi connectivity index (χ4v) is 1.73. The van der Waals surface area contributed by atoms with E-state index < -0.39 is 23.9 Å². The molecule has 0 aliphatic heterocycles. The van der Waals surface area contributed by atoms with Crippen molar-refractivity contribution in [1.29, 1.82) is 0 Å². The van der Waals surface area contributed by atoms with Gasteiger partial charge < -0.3 is 15.7 Å². The van der Waals surface area contributed by atoms with Crippen LogP contribution in [0.3, 0.4) is 0 Å². The van der Waals surface area contributed by atoms with E-state index in [2.05, 4.69) is 10.6 Å². The van der Waals surface area contributed by atoms with Crippen molar-refractivity contribution in [2.75, 3.05) is 5.32 Å². The van der Waals surface area contributed by atoms with Gasteiger partial charge in [0.1, 0.15) is 0 Å². The van der Waals surface area contributed by atoms with Crippen LogP contribution in [0.4, 0.5) is 23.7 Å². The number of hydrogen-bond donors (Lipinski definition) is 3. The summed E-state index contributed by atoms with van der Waals surface area (Å²) in [6.45, 7) is 3.28. The largest absolute Gasteiger partial charge is 0.416 e. The van der Waals surface area contributed by atoms with Gasteiger partial charge >= 0.3 is 12.2 Å². The lowest BCUT2D eigenvalue weighted by atomic mass is 10.1. The Hall–Kier alpha value is -1.76. The number of rotatable bonds is 4. The van der Waals surface area contributed by atoms with Gasteiger partial charge in [-0.2, -0.15) is 13.2 Å². The molecular weight excluding hydrogens is 273 g/mol. The van der Waals surface area contributed by atoms with E-state index >= 15 is 0 Å². The van der Waals surface area contributed by atoms with Crippen molar-refractivity contribution in [3.05, 3.63) is 29.8 Å². The number of hydrogen-bond acceptors (Lipinski definition) is 2. The van der Waals surface area contributed by atoms with Crippen molar-refractivity contribution in [1.82, 2.24) is 5.32 Å². The molecule has 0 heterocycles. The van der Waals surface area contributed by atoms with E-state index in [0.29, 0.717) is 6.42 Å². The van der Waals surface area contributed by atoms with E-state index in [1.54, 1.807) is 13.8 Å². The average molecular weight is 290 g/mol. The highest BCUT2D eigenvalue weighted by molar-refractivity contribution is 5.89. The zero-order valence-corrected chi connectivity index (χ0v) is 11.2. The van der Waals surface area contributed by atoms with Crippen LogP contribution in [0.1, 0.15) is 25.8 Å². The number of benzene rings is 1. The quantitative estimate of drug-likeness (QED) is 0.798. The summed E-state index contributed by atoms with van der Waals surface area (Å²) in [5.74, 6) is 0. The first kappa shape index (κ1) is 16.3. The van der Waals surface area contributed by atoms with E-state index in [-0.39, 0.29) is 11.7 Å². The number of halogens is 3. The molecule has 7 heteroatoms. The van der Waals surface area contributed by atoms with Crippen LogP contribution in [0.5, 0.6) is 0 Å². The van der Waals surface area contributed by atoms with Crippen LogP contribution >= 0.6 is 0 Å². The van der Waals surface area contributed by atoms with Crippen LogP contribution in [0.15, 0.2) is 24.3 Å². The Kier molecular flexibility index (Phi) is 5.38. The Morgan fingerprint density at radius 1 is 1.35 bits per heavy atom. The summed E-state index contributed by atoms with van der Waals surface area (Å²) in [5, 5.41) is 14.0. The third kappa shape index (κ3) is 5.48. The monoisotopic (exact) mass is 290 g/mol. The molecule has 0 spiro atoms. The third-order valence-corrected chi connectivity index (χ3v) is 2.52. The van der Waals surface area contributed by atoms with Gasteiger partial charge in [-0.1, -0.05) is 6.07 Å². The van der Waals surface area contributed by atoms with Gasteiger partial charge in [-0.3, -0.25) is 0 Å². The zero-order valence-electron chi connectivity index (χ0n) is 11.2. The molecule has 3 N–H and O–H groups in total. The summed E-state index contributed by atoms with van der Waals surface area (Å²) in [6.07, 6.45) is -4.66. The van der Waals surface area contributed by atoms with Gasteiger partial charge in [-0.05, 0) is 38.5 Å². The van der Waals surface area contributed by atoms with Crippen molar-refractivity contribution in [2.24, 2.45) is 0 Å². The van der Waals surface area contributed by atoms with Crippen LogP contribution in [0, 0.1) is 0 Å². The summed E-state index contributed by atoms with van der Waals surface area (Å²) in [7, 11) is 0.